The number of ether oxygens (including phenoxy) is 1. The molecule has 18 heavy (non-hydrogen) atoms. The lowest BCUT2D eigenvalue weighted by Gasteiger charge is -2.18. The van der Waals surface area contributed by atoms with Crippen LogP contribution in [0.5, 0.6) is 0 Å². The van der Waals surface area contributed by atoms with Crippen molar-refractivity contribution in [3.8, 4) is 0 Å². The molecule has 0 saturated carbocycles. The van der Waals surface area contributed by atoms with Crippen LogP contribution in [0.2, 0.25) is 0 Å². The largest absolute Gasteiger partial charge is 0.384 e. The highest BCUT2D eigenvalue weighted by molar-refractivity contribution is 5.45. The summed E-state index contributed by atoms with van der Waals surface area (Å²) in [5.74, 6) is 2.54. The molecule has 0 spiro atoms. The van der Waals surface area contributed by atoms with E-state index in [-0.39, 0.29) is 0 Å². The molecule has 1 aromatic heterocycles. The van der Waals surface area contributed by atoms with E-state index in [9.17, 15) is 0 Å². The molecule has 3 N–H and O–H groups in total. The molecule has 0 saturated heterocycles. The maximum absolute atomic E-state index is 5.75. The Morgan fingerprint density at radius 3 is 2.72 bits per heavy atom. The summed E-state index contributed by atoms with van der Waals surface area (Å²) in [7, 11) is 1.62. The summed E-state index contributed by atoms with van der Waals surface area (Å²) in [6.45, 7) is 6.99. The molecule has 1 heterocycles. The van der Waals surface area contributed by atoms with Gasteiger partial charge in [0.1, 0.15) is 18.2 Å². The van der Waals surface area contributed by atoms with Gasteiger partial charge in [0.05, 0.1) is 0 Å². The Hall–Kier alpha value is -1.36. The zero-order chi connectivity index (χ0) is 13.5. The number of methoxy groups -OCH3 is 1. The molecule has 102 valence electrons. The van der Waals surface area contributed by atoms with Crippen molar-refractivity contribution < 1.29 is 4.74 Å². The van der Waals surface area contributed by atoms with Crippen molar-refractivity contribution in [1.82, 2.24) is 9.97 Å². The van der Waals surface area contributed by atoms with Gasteiger partial charge in [0.15, 0.2) is 5.82 Å². The minimum atomic E-state index is 0.365. The third kappa shape index (κ3) is 4.87. The van der Waals surface area contributed by atoms with Crippen molar-refractivity contribution in [2.24, 2.45) is 5.92 Å². The van der Waals surface area contributed by atoms with Crippen LogP contribution >= 0.6 is 0 Å². The van der Waals surface area contributed by atoms with E-state index in [2.05, 4.69) is 36.1 Å². The highest BCUT2D eigenvalue weighted by atomic mass is 16.5. The van der Waals surface area contributed by atoms with Crippen molar-refractivity contribution in [3.05, 3.63) is 11.9 Å². The summed E-state index contributed by atoms with van der Waals surface area (Å²) in [4.78, 5) is 8.48. The van der Waals surface area contributed by atoms with Gasteiger partial charge >= 0.3 is 0 Å². The average molecular weight is 252 g/mol. The predicted octanol–water partition coefficient (Wildman–Crippen LogP) is 2.44. The van der Waals surface area contributed by atoms with Crippen molar-refractivity contribution >= 4 is 11.6 Å². The molecular weight excluding hydrogens is 228 g/mol. The quantitative estimate of drug-likeness (QED) is 0.779. The molecule has 5 nitrogen and oxygen atoms in total. The summed E-state index contributed by atoms with van der Waals surface area (Å²) >= 11 is 0. The lowest BCUT2D eigenvalue weighted by Crippen LogP contribution is -2.19. The zero-order valence-corrected chi connectivity index (χ0v) is 11.7. The third-order valence-electron chi connectivity index (χ3n) is 2.91. The van der Waals surface area contributed by atoms with Crippen LogP contribution in [0.3, 0.4) is 0 Å². The SMILES string of the molecule is CCC(C)CC(C)Nc1cc(N)nc(COC)n1. The molecule has 0 bridgehead atoms. The van der Waals surface area contributed by atoms with E-state index in [1.54, 1.807) is 13.2 Å². The number of nitrogens with one attached hydrogen (secondary N) is 1. The highest BCUT2D eigenvalue weighted by Gasteiger charge is 2.09. The Labute approximate surface area is 109 Å². The summed E-state index contributed by atoms with van der Waals surface area (Å²) in [5.41, 5.74) is 5.75. The molecular formula is C13H24N4O. The van der Waals surface area contributed by atoms with Crippen molar-refractivity contribution in [2.75, 3.05) is 18.2 Å². The fourth-order valence-electron chi connectivity index (χ4n) is 1.87. The average Bonchev–Trinajstić information content (AvgIpc) is 2.28. The molecule has 0 radical (unpaired) electrons. The fourth-order valence-corrected chi connectivity index (χ4v) is 1.87. The molecule has 2 atom stereocenters. The second-order valence-corrected chi connectivity index (χ2v) is 4.82. The molecule has 0 aliphatic heterocycles. The van der Waals surface area contributed by atoms with Crippen molar-refractivity contribution in [1.29, 1.82) is 0 Å². The molecule has 0 aromatic carbocycles. The Balaban J connectivity index is 2.65. The van der Waals surface area contributed by atoms with E-state index in [4.69, 9.17) is 10.5 Å². The number of nitrogen functional groups attached to an aromatic ring is 1. The van der Waals surface area contributed by atoms with Gasteiger partial charge < -0.3 is 15.8 Å². The molecule has 0 fully saturated rings. The monoisotopic (exact) mass is 252 g/mol. The van der Waals surface area contributed by atoms with Gasteiger partial charge in [-0.1, -0.05) is 20.3 Å². The molecule has 1 aromatic rings. The number of anilines is 2. The van der Waals surface area contributed by atoms with Crippen LogP contribution < -0.4 is 11.1 Å². The van der Waals surface area contributed by atoms with Gasteiger partial charge in [0.2, 0.25) is 0 Å². The Morgan fingerprint density at radius 2 is 2.11 bits per heavy atom. The number of aromatic nitrogens is 2. The van der Waals surface area contributed by atoms with Gasteiger partial charge in [-0.15, -0.1) is 0 Å². The van der Waals surface area contributed by atoms with Gasteiger partial charge in [0.25, 0.3) is 0 Å². The summed E-state index contributed by atoms with van der Waals surface area (Å²) in [6, 6.07) is 2.12. The second-order valence-electron chi connectivity index (χ2n) is 4.82. The second kappa shape index (κ2) is 7.16. The molecule has 0 aliphatic rings. The van der Waals surface area contributed by atoms with E-state index in [1.807, 2.05) is 0 Å². The number of hydrogen-bond acceptors (Lipinski definition) is 5. The zero-order valence-electron chi connectivity index (χ0n) is 11.7. The normalized spacial score (nSPS) is 14.2. The van der Waals surface area contributed by atoms with Crippen LogP contribution in [0.4, 0.5) is 11.6 Å². The van der Waals surface area contributed by atoms with Crippen molar-refractivity contribution in [3.63, 3.8) is 0 Å². The summed E-state index contributed by atoms with van der Waals surface area (Å²) in [6.07, 6.45) is 2.30. The van der Waals surface area contributed by atoms with Gasteiger partial charge in [0, 0.05) is 19.2 Å². The minimum absolute atomic E-state index is 0.365. The maximum Gasteiger partial charge on any atom is 0.158 e. The smallest absolute Gasteiger partial charge is 0.158 e. The third-order valence-corrected chi connectivity index (χ3v) is 2.91. The Kier molecular flexibility index (Phi) is 5.85. The summed E-state index contributed by atoms with van der Waals surface area (Å²) in [5, 5.41) is 3.36. The Bertz CT molecular complexity index is 370. The first-order chi connectivity index (χ1) is 8.55. The van der Waals surface area contributed by atoms with E-state index in [0.29, 0.717) is 30.2 Å². The van der Waals surface area contributed by atoms with Gasteiger partial charge in [-0.2, -0.15) is 0 Å². The van der Waals surface area contributed by atoms with E-state index in [1.165, 1.54) is 6.42 Å². The molecule has 1 rings (SSSR count). The Morgan fingerprint density at radius 1 is 1.39 bits per heavy atom. The first-order valence-electron chi connectivity index (χ1n) is 6.44. The number of hydrogen-bond donors (Lipinski definition) is 2. The van der Waals surface area contributed by atoms with E-state index < -0.39 is 0 Å². The van der Waals surface area contributed by atoms with Crippen LogP contribution in [-0.2, 0) is 11.3 Å². The topological polar surface area (TPSA) is 73.1 Å². The van der Waals surface area contributed by atoms with Crippen LogP contribution in [-0.4, -0.2) is 23.1 Å². The van der Waals surface area contributed by atoms with Gasteiger partial charge in [-0.25, -0.2) is 9.97 Å². The standard InChI is InChI=1S/C13H24N4O/c1-5-9(2)6-10(3)15-12-7-11(14)16-13(17-12)8-18-4/h7,9-10H,5-6,8H2,1-4H3,(H3,14,15,16,17). The van der Waals surface area contributed by atoms with E-state index >= 15 is 0 Å². The lowest BCUT2D eigenvalue weighted by atomic mass is 10.0. The summed E-state index contributed by atoms with van der Waals surface area (Å²) < 4.78 is 5.02. The van der Waals surface area contributed by atoms with Crippen LogP contribution in [0.1, 0.15) is 39.4 Å². The molecule has 0 amide bonds. The first kappa shape index (κ1) is 14.7. The van der Waals surface area contributed by atoms with Crippen molar-refractivity contribution in [2.45, 2.75) is 46.3 Å². The number of rotatable bonds is 7. The maximum atomic E-state index is 5.75. The molecule has 5 heteroatoms. The van der Waals surface area contributed by atoms with Gasteiger partial charge in [-0.3, -0.25) is 0 Å². The van der Waals surface area contributed by atoms with Gasteiger partial charge in [-0.05, 0) is 19.3 Å². The molecule has 2 unspecified atom stereocenters. The molecule has 0 aliphatic carbocycles. The predicted molar refractivity (Wildman–Crippen MR) is 74.3 cm³/mol. The highest BCUT2D eigenvalue weighted by Crippen LogP contribution is 2.15. The number of nitrogens with zero attached hydrogens (tertiary/aromatic N) is 2. The lowest BCUT2D eigenvalue weighted by molar-refractivity contribution is 0.178. The van der Waals surface area contributed by atoms with Crippen LogP contribution in [0.15, 0.2) is 6.07 Å². The number of nitrogens with two attached hydrogens (primary N) is 1. The minimum Gasteiger partial charge on any atom is -0.384 e. The van der Waals surface area contributed by atoms with Crippen LogP contribution in [0, 0.1) is 5.92 Å². The fraction of sp³-hybridized carbons (Fsp3) is 0.692. The first-order valence-corrected chi connectivity index (χ1v) is 6.44. The van der Waals surface area contributed by atoms with Crippen LogP contribution in [0.25, 0.3) is 0 Å². The van der Waals surface area contributed by atoms with E-state index in [0.717, 1.165) is 12.2 Å².